The van der Waals surface area contributed by atoms with Crippen LogP contribution in [0.3, 0.4) is 0 Å². The number of aromatic nitrogens is 1. The van der Waals surface area contributed by atoms with E-state index in [1.807, 2.05) is 0 Å². The lowest BCUT2D eigenvalue weighted by Gasteiger charge is -2.34. The Balaban J connectivity index is 2.35. The number of pyridine rings is 1. The Hall–Kier alpha value is -1.87. The van der Waals surface area contributed by atoms with Crippen LogP contribution in [0.4, 0.5) is 26.3 Å². The summed E-state index contributed by atoms with van der Waals surface area (Å²) in [6, 6.07) is 3.71. The molecule has 0 aliphatic carbocycles. The molecule has 1 fully saturated rings. The van der Waals surface area contributed by atoms with E-state index >= 15 is 0 Å². The zero-order valence-corrected chi connectivity index (χ0v) is 12.8. The molecule has 1 aliphatic rings. The van der Waals surface area contributed by atoms with Gasteiger partial charge in [-0.15, -0.1) is 0 Å². The van der Waals surface area contributed by atoms with E-state index in [2.05, 4.69) is 10.3 Å². The minimum absolute atomic E-state index is 0.0969. The number of aliphatic hydroxyl groups is 1. The van der Waals surface area contributed by atoms with Gasteiger partial charge in [0.1, 0.15) is 5.69 Å². The van der Waals surface area contributed by atoms with Gasteiger partial charge in [0.05, 0.1) is 16.7 Å². The molecule has 0 atom stereocenters. The fraction of sp³-hybridized carbons (Fsp3) is 0.438. The van der Waals surface area contributed by atoms with Crippen molar-refractivity contribution in [1.29, 1.82) is 0 Å². The summed E-state index contributed by atoms with van der Waals surface area (Å²) in [5.41, 5.74) is -5.31. The quantitative estimate of drug-likeness (QED) is 0.756. The molecule has 9 heteroatoms. The van der Waals surface area contributed by atoms with Gasteiger partial charge >= 0.3 is 12.4 Å². The van der Waals surface area contributed by atoms with Gasteiger partial charge in [-0.3, -0.25) is 0 Å². The maximum absolute atomic E-state index is 13.2. The largest absolute Gasteiger partial charge is 0.433 e. The topological polar surface area (TPSA) is 45.2 Å². The standard InChI is InChI=1S/C16H14F6N2O/c17-15(18,19)10-3-1-2-9-11(14(25)4-6-23-7-5-14)8-12(16(20,21)22)24-13(9)10/h1-3,8,23,25H,4-7H2. The summed E-state index contributed by atoms with van der Waals surface area (Å²) < 4.78 is 79.2. The minimum Gasteiger partial charge on any atom is -0.385 e. The summed E-state index contributed by atoms with van der Waals surface area (Å²) in [5.74, 6) is 0. The first-order valence-electron chi connectivity index (χ1n) is 7.54. The van der Waals surface area contributed by atoms with Crippen LogP contribution in [0.15, 0.2) is 24.3 Å². The Morgan fingerprint density at radius 3 is 2.20 bits per heavy atom. The average molecular weight is 364 g/mol. The van der Waals surface area contributed by atoms with Crippen LogP contribution in [-0.2, 0) is 18.0 Å². The number of hydrogen-bond acceptors (Lipinski definition) is 3. The number of halogens is 6. The maximum atomic E-state index is 13.2. The Labute approximate surface area is 138 Å². The van der Waals surface area contributed by atoms with Crippen molar-refractivity contribution in [2.75, 3.05) is 13.1 Å². The van der Waals surface area contributed by atoms with Crippen molar-refractivity contribution in [2.24, 2.45) is 0 Å². The molecule has 0 saturated carbocycles. The average Bonchev–Trinajstić information content (AvgIpc) is 2.52. The normalized spacial score (nSPS) is 18.5. The number of hydrogen-bond donors (Lipinski definition) is 2. The first kappa shape index (κ1) is 17.9. The number of para-hydroxylation sites is 1. The van der Waals surface area contributed by atoms with E-state index in [4.69, 9.17) is 0 Å². The Bertz CT molecular complexity index is 794. The van der Waals surface area contributed by atoms with E-state index in [1.54, 1.807) is 0 Å². The fourth-order valence-electron chi connectivity index (χ4n) is 3.12. The molecule has 1 aromatic carbocycles. The molecule has 3 rings (SSSR count). The van der Waals surface area contributed by atoms with Crippen LogP contribution >= 0.6 is 0 Å². The van der Waals surface area contributed by atoms with Crippen LogP contribution in [0.25, 0.3) is 10.9 Å². The molecule has 0 unspecified atom stereocenters. The lowest BCUT2D eigenvalue weighted by Crippen LogP contribution is -2.40. The minimum atomic E-state index is -4.93. The lowest BCUT2D eigenvalue weighted by atomic mass is 9.82. The van der Waals surface area contributed by atoms with E-state index in [0.717, 1.165) is 6.07 Å². The highest BCUT2D eigenvalue weighted by molar-refractivity contribution is 5.86. The van der Waals surface area contributed by atoms with Crippen LogP contribution in [0.2, 0.25) is 0 Å². The highest BCUT2D eigenvalue weighted by Crippen LogP contribution is 2.42. The van der Waals surface area contributed by atoms with Crippen LogP contribution in [0, 0.1) is 0 Å². The summed E-state index contributed by atoms with van der Waals surface area (Å²) >= 11 is 0. The second-order valence-corrected chi connectivity index (χ2v) is 6.03. The summed E-state index contributed by atoms with van der Waals surface area (Å²) in [6.07, 6.45) is -9.59. The van der Waals surface area contributed by atoms with Crippen LogP contribution in [0.5, 0.6) is 0 Å². The zero-order chi connectivity index (χ0) is 18.5. The number of nitrogens with zero attached hydrogens (tertiary/aromatic N) is 1. The second-order valence-electron chi connectivity index (χ2n) is 6.03. The summed E-state index contributed by atoms with van der Waals surface area (Å²) in [4.78, 5) is 3.23. The Morgan fingerprint density at radius 1 is 1.00 bits per heavy atom. The molecule has 1 aliphatic heterocycles. The molecule has 2 N–H and O–H groups in total. The van der Waals surface area contributed by atoms with E-state index in [-0.39, 0.29) is 23.8 Å². The van der Waals surface area contributed by atoms with E-state index < -0.39 is 34.7 Å². The molecular weight excluding hydrogens is 350 g/mol. The van der Waals surface area contributed by atoms with Crippen LogP contribution < -0.4 is 5.32 Å². The van der Waals surface area contributed by atoms with Gasteiger partial charge in [0, 0.05) is 5.39 Å². The van der Waals surface area contributed by atoms with Crippen molar-refractivity contribution in [1.82, 2.24) is 10.3 Å². The number of nitrogens with one attached hydrogen (secondary N) is 1. The van der Waals surface area contributed by atoms with E-state index in [9.17, 15) is 31.4 Å². The van der Waals surface area contributed by atoms with Gasteiger partial charge in [-0.05, 0) is 43.6 Å². The predicted octanol–water partition coefficient (Wildman–Crippen LogP) is 3.84. The Morgan fingerprint density at radius 2 is 1.64 bits per heavy atom. The smallest absolute Gasteiger partial charge is 0.385 e. The number of fused-ring (bicyclic) bond motifs is 1. The van der Waals surface area contributed by atoms with Gasteiger partial charge in [0.25, 0.3) is 0 Å². The highest BCUT2D eigenvalue weighted by Gasteiger charge is 2.41. The van der Waals surface area contributed by atoms with Gasteiger partial charge in [0.2, 0.25) is 0 Å². The third-order valence-electron chi connectivity index (χ3n) is 4.37. The molecular formula is C16H14F6N2O. The lowest BCUT2D eigenvalue weighted by molar-refractivity contribution is -0.142. The number of piperidine rings is 1. The third kappa shape index (κ3) is 3.30. The third-order valence-corrected chi connectivity index (χ3v) is 4.37. The molecule has 0 bridgehead atoms. The van der Waals surface area contributed by atoms with Crippen LogP contribution in [-0.4, -0.2) is 23.2 Å². The molecule has 2 aromatic rings. The van der Waals surface area contributed by atoms with Crippen molar-refractivity contribution in [3.63, 3.8) is 0 Å². The first-order valence-corrected chi connectivity index (χ1v) is 7.54. The van der Waals surface area contributed by atoms with Gasteiger partial charge in [0.15, 0.2) is 0 Å². The molecule has 3 nitrogen and oxygen atoms in total. The first-order chi connectivity index (χ1) is 11.5. The van der Waals surface area contributed by atoms with Crippen LogP contribution in [0.1, 0.15) is 29.7 Å². The van der Waals surface area contributed by atoms with Gasteiger partial charge in [-0.2, -0.15) is 26.3 Å². The molecule has 2 heterocycles. The van der Waals surface area contributed by atoms with Gasteiger partial charge in [-0.25, -0.2) is 4.98 Å². The summed E-state index contributed by atoms with van der Waals surface area (Å²) in [5, 5.41) is 13.7. The number of alkyl halides is 6. The number of benzene rings is 1. The second kappa shape index (κ2) is 5.84. The van der Waals surface area contributed by atoms with Crippen molar-refractivity contribution in [3.8, 4) is 0 Å². The van der Waals surface area contributed by atoms with E-state index in [0.29, 0.717) is 25.2 Å². The maximum Gasteiger partial charge on any atom is 0.433 e. The van der Waals surface area contributed by atoms with Crippen molar-refractivity contribution < 1.29 is 31.4 Å². The monoisotopic (exact) mass is 364 g/mol. The van der Waals surface area contributed by atoms with Gasteiger partial charge in [-0.1, -0.05) is 12.1 Å². The Kier molecular flexibility index (Phi) is 4.19. The van der Waals surface area contributed by atoms with Crippen molar-refractivity contribution in [2.45, 2.75) is 30.8 Å². The SMILES string of the molecule is OC1(c2cc(C(F)(F)F)nc3c(C(F)(F)F)cccc23)CCNCC1. The van der Waals surface area contributed by atoms with E-state index in [1.165, 1.54) is 6.07 Å². The highest BCUT2D eigenvalue weighted by atomic mass is 19.4. The number of rotatable bonds is 1. The molecule has 0 radical (unpaired) electrons. The summed E-state index contributed by atoms with van der Waals surface area (Å²) in [7, 11) is 0. The fourth-order valence-corrected chi connectivity index (χ4v) is 3.12. The molecule has 0 amide bonds. The van der Waals surface area contributed by atoms with Crippen molar-refractivity contribution >= 4 is 10.9 Å². The molecule has 25 heavy (non-hydrogen) atoms. The van der Waals surface area contributed by atoms with Gasteiger partial charge < -0.3 is 10.4 Å². The molecule has 0 spiro atoms. The molecule has 1 aromatic heterocycles. The molecule has 136 valence electrons. The summed E-state index contributed by atoms with van der Waals surface area (Å²) in [6.45, 7) is 0.696. The van der Waals surface area contributed by atoms with Crippen molar-refractivity contribution in [3.05, 3.63) is 41.1 Å². The predicted molar refractivity (Wildman–Crippen MR) is 77.7 cm³/mol. The molecule has 1 saturated heterocycles. The zero-order valence-electron chi connectivity index (χ0n) is 12.8.